The zero-order chi connectivity index (χ0) is 16.2. The van der Waals surface area contributed by atoms with E-state index in [1.807, 2.05) is 30.3 Å². The van der Waals surface area contributed by atoms with Gasteiger partial charge in [0.25, 0.3) is 0 Å². The van der Waals surface area contributed by atoms with Gasteiger partial charge in [-0.15, -0.1) is 0 Å². The lowest BCUT2D eigenvalue weighted by Gasteiger charge is -2.36. The van der Waals surface area contributed by atoms with Gasteiger partial charge in [-0.1, -0.05) is 24.3 Å². The Morgan fingerprint density at radius 3 is 2.91 bits per heavy atom. The van der Waals surface area contributed by atoms with Crippen LogP contribution in [0.3, 0.4) is 0 Å². The second-order valence-corrected chi connectivity index (χ2v) is 5.92. The lowest BCUT2D eigenvalue weighted by molar-refractivity contribution is -0.115. The number of hydrogen-bond acceptors (Lipinski definition) is 3. The largest absolute Gasteiger partial charge is 0.497 e. The highest BCUT2D eigenvalue weighted by Gasteiger charge is 2.24. The molecule has 120 valence electrons. The van der Waals surface area contributed by atoms with E-state index in [4.69, 9.17) is 4.74 Å². The number of methoxy groups -OCH3 is 1. The molecular formula is C19H22N2O2. The summed E-state index contributed by atoms with van der Waals surface area (Å²) in [4.78, 5) is 14.6. The van der Waals surface area contributed by atoms with Gasteiger partial charge in [0.05, 0.1) is 13.7 Å². The number of ether oxygens (including phenoxy) is 1. The second kappa shape index (κ2) is 6.73. The first-order valence-electron chi connectivity index (χ1n) is 7.96. The van der Waals surface area contributed by atoms with E-state index in [2.05, 4.69) is 35.3 Å². The Bertz CT molecular complexity index is 699. The van der Waals surface area contributed by atoms with Crippen LogP contribution in [0.25, 0.3) is 0 Å². The van der Waals surface area contributed by atoms with Crippen molar-refractivity contribution in [1.29, 1.82) is 0 Å². The molecule has 0 unspecified atom stereocenters. The Morgan fingerprint density at radius 1 is 1.26 bits per heavy atom. The summed E-state index contributed by atoms with van der Waals surface area (Å²) in [6.07, 6.45) is 2.15. The molecule has 2 aromatic carbocycles. The SMILES string of the molecule is COc1cccc(NC(=O)CN2c3ccccc3CC[C@@H]2C)c1. The minimum Gasteiger partial charge on any atom is -0.497 e. The summed E-state index contributed by atoms with van der Waals surface area (Å²) in [7, 11) is 1.62. The molecule has 1 N–H and O–H groups in total. The van der Waals surface area contributed by atoms with Crippen LogP contribution in [0, 0.1) is 0 Å². The van der Waals surface area contributed by atoms with Crippen molar-refractivity contribution in [2.75, 3.05) is 23.9 Å². The number of anilines is 2. The summed E-state index contributed by atoms with van der Waals surface area (Å²) in [5.41, 5.74) is 3.25. The van der Waals surface area contributed by atoms with Crippen molar-refractivity contribution in [2.45, 2.75) is 25.8 Å². The average molecular weight is 310 g/mol. The van der Waals surface area contributed by atoms with E-state index in [-0.39, 0.29) is 5.91 Å². The van der Waals surface area contributed by atoms with Crippen molar-refractivity contribution in [3.8, 4) is 5.75 Å². The van der Waals surface area contributed by atoms with Gasteiger partial charge in [0.15, 0.2) is 0 Å². The van der Waals surface area contributed by atoms with E-state index < -0.39 is 0 Å². The molecule has 4 nitrogen and oxygen atoms in total. The molecule has 1 aliphatic heterocycles. The average Bonchev–Trinajstić information content (AvgIpc) is 2.57. The van der Waals surface area contributed by atoms with Gasteiger partial charge in [0.2, 0.25) is 5.91 Å². The van der Waals surface area contributed by atoms with Crippen LogP contribution in [0.15, 0.2) is 48.5 Å². The summed E-state index contributed by atoms with van der Waals surface area (Å²) < 4.78 is 5.19. The van der Waals surface area contributed by atoms with E-state index in [0.717, 1.165) is 24.3 Å². The van der Waals surface area contributed by atoms with Crippen molar-refractivity contribution in [3.05, 3.63) is 54.1 Å². The predicted molar refractivity (Wildman–Crippen MR) is 93.2 cm³/mol. The van der Waals surface area contributed by atoms with Crippen molar-refractivity contribution in [3.63, 3.8) is 0 Å². The molecule has 2 aromatic rings. The lowest BCUT2D eigenvalue weighted by Crippen LogP contribution is -2.42. The standard InChI is InChI=1S/C19H22N2O2/c1-14-10-11-15-6-3-4-9-18(15)21(14)13-19(22)20-16-7-5-8-17(12-16)23-2/h3-9,12,14H,10-11,13H2,1-2H3,(H,20,22)/t14-/m0/s1. The number of carbonyl (C=O) groups excluding carboxylic acids is 1. The van der Waals surface area contributed by atoms with Gasteiger partial charge in [-0.3, -0.25) is 4.79 Å². The van der Waals surface area contributed by atoms with Crippen molar-refractivity contribution in [2.24, 2.45) is 0 Å². The normalized spacial score (nSPS) is 16.6. The number of benzene rings is 2. The molecule has 0 saturated heterocycles. The fourth-order valence-corrected chi connectivity index (χ4v) is 3.06. The van der Waals surface area contributed by atoms with E-state index in [1.165, 1.54) is 11.3 Å². The molecule has 0 aromatic heterocycles. The number of hydrogen-bond donors (Lipinski definition) is 1. The highest BCUT2D eigenvalue weighted by atomic mass is 16.5. The van der Waals surface area contributed by atoms with Gasteiger partial charge in [0, 0.05) is 23.5 Å². The summed E-state index contributed by atoms with van der Waals surface area (Å²) >= 11 is 0. The fraction of sp³-hybridized carbons (Fsp3) is 0.316. The maximum atomic E-state index is 12.4. The minimum atomic E-state index is -0.0122. The van der Waals surface area contributed by atoms with Crippen molar-refractivity contribution >= 4 is 17.3 Å². The third-order valence-electron chi connectivity index (χ3n) is 4.33. The molecule has 0 saturated carbocycles. The van der Waals surface area contributed by atoms with E-state index in [9.17, 15) is 4.79 Å². The van der Waals surface area contributed by atoms with Crippen LogP contribution in [0.5, 0.6) is 5.75 Å². The third kappa shape index (κ3) is 3.47. The van der Waals surface area contributed by atoms with Crippen LogP contribution in [0.2, 0.25) is 0 Å². The van der Waals surface area contributed by atoms with Gasteiger partial charge in [-0.05, 0) is 43.5 Å². The molecule has 1 amide bonds. The number of carbonyl (C=O) groups is 1. The van der Waals surface area contributed by atoms with Crippen LogP contribution in [0.1, 0.15) is 18.9 Å². The molecule has 0 spiro atoms. The molecule has 0 aliphatic carbocycles. The van der Waals surface area contributed by atoms with Crippen LogP contribution < -0.4 is 15.0 Å². The Hall–Kier alpha value is -2.49. The Labute approximate surface area is 137 Å². The second-order valence-electron chi connectivity index (χ2n) is 5.92. The first-order valence-corrected chi connectivity index (χ1v) is 7.96. The number of rotatable bonds is 4. The fourth-order valence-electron chi connectivity index (χ4n) is 3.06. The first-order chi connectivity index (χ1) is 11.2. The lowest BCUT2D eigenvalue weighted by atomic mass is 9.96. The monoisotopic (exact) mass is 310 g/mol. The predicted octanol–water partition coefficient (Wildman–Crippen LogP) is 3.48. The first kappa shape index (κ1) is 15.4. The zero-order valence-electron chi connectivity index (χ0n) is 13.6. The molecule has 3 rings (SSSR count). The highest BCUT2D eigenvalue weighted by Crippen LogP contribution is 2.30. The van der Waals surface area contributed by atoms with Crippen molar-refractivity contribution in [1.82, 2.24) is 0 Å². The van der Waals surface area contributed by atoms with Gasteiger partial charge in [0.1, 0.15) is 5.75 Å². The van der Waals surface area contributed by atoms with Gasteiger partial charge < -0.3 is 15.0 Å². The molecular weight excluding hydrogens is 288 g/mol. The number of para-hydroxylation sites is 1. The minimum absolute atomic E-state index is 0.0122. The van der Waals surface area contributed by atoms with Gasteiger partial charge in [-0.2, -0.15) is 0 Å². The Morgan fingerprint density at radius 2 is 2.09 bits per heavy atom. The van der Waals surface area contributed by atoms with Crippen LogP contribution >= 0.6 is 0 Å². The van der Waals surface area contributed by atoms with Gasteiger partial charge in [-0.25, -0.2) is 0 Å². The molecule has 0 bridgehead atoms. The molecule has 0 radical (unpaired) electrons. The number of amides is 1. The highest BCUT2D eigenvalue weighted by molar-refractivity contribution is 5.94. The third-order valence-corrected chi connectivity index (χ3v) is 4.33. The number of aryl methyl sites for hydroxylation is 1. The number of fused-ring (bicyclic) bond motifs is 1. The topological polar surface area (TPSA) is 41.6 Å². The zero-order valence-corrected chi connectivity index (χ0v) is 13.6. The van der Waals surface area contributed by atoms with Crippen LogP contribution in [-0.4, -0.2) is 25.6 Å². The van der Waals surface area contributed by atoms with Crippen LogP contribution in [0.4, 0.5) is 11.4 Å². The number of nitrogens with one attached hydrogen (secondary N) is 1. The molecule has 1 atom stereocenters. The smallest absolute Gasteiger partial charge is 0.243 e. The van der Waals surface area contributed by atoms with Crippen molar-refractivity contribution < 1.29 is 9.53 Å². The summed E-state index contributed by atoms with van der Waals surface area (Å²) in [6.45, 7) is 2.53. The van der Waals surface area contributed by atoms with Crippen LogP contribution in [-0.2, 0) is 11.2 Å². The summed E-state index contributed by atoms with van der Waals surface area (Å²) in [5, 5.41) is 2.95. The Kier molecular flexibility index (Phi) is 4.51. The van der Waals surface area contributed by atoms with Gasteiger partial charge >= 0.3 is 0 Å². The molecule has 4 heteroatoms. The number of nitrogens with zero attached hydrogens (tertiary/aromatic N) is 1. The quantitative estimate of drug-likeness (QED) is 0.940. The van der Waals surface area contributed by atoms with E-state index >= 15 is 0 Å². The molecule has 0 fully saturated rings. The molecule has 1 heterocycles. The summed E-state index contributed by atoms with van der Waals surface area (Å²) in [5.74, 6) is 0.723. The van der Waals surface area contributed by atoms with E-state index in [0.29, 0.717) is 12.6 Å². The maximum absolute atomic E-state index is 12.4. The van der Waals surface area contributed by atoms with E-state index in [1.54, 1.807) is 7.11 Å². The maximum Gasteiger partial charge on any atom is 0.243 e. The molecule has 23 heavy (non-hydrogen) atoms. The molecule has 1 aliphatic rings. The Balaban J connectivity index is 1.72. The summed E-state index contributed by atoms with van der Waals surface area (Å²) in [6, 6.07) is 16.1.